The fourth-order valence-corrected chi connectivity index (χ4v) is 2.36. The van der Waals surface area contributed by atoms with Crippen LogP contribution in [0.3, 0.4) is 0 Å². The van der Waals surface area contributed by atoms with E-state index in [2.05, 4.69) is 37.7 Å². The molecule has 0 saturated heterocycles. The molecule has 3 rings (SSSR count). The van der Waals surface area contributed by atoms with Crippen LogP contribution in [-0.2, 0) is 0 Å². The average molecular weight is 322 g/mol. The van der Waals surface area contributed by atoms with E-state index in [1.165, 1.54) is 0 Å². The van der Waals surface area contributed by atoms with Crippen LogP contribution >= 0.6 is 22.6 Å². The predicted molar refractivity (Wildman–Crippen MR) is 68.9 cm³/mol. The van der Waals surface area contributed by atoms with Crippen LogP contribution in [0, 0.1) is 3.57 Å². The van der Waals surface area contributed by atoms with Crippen molar-refractivity contribution in [2.24, 2.45) is 0 Å². The third-order valence-corrected chi connectivity index (χ3v) is 3.29. The van der Waals surface area contributed by atoms with Crippen LogP contribution < -0.4 is 0 Å². The first-order valence-electron chi connectivity index (χ1n) is 4.75. The van der Waals surface area contributed by atoms with Crippen molar-refractivity contribution in [3.05, 3.63) is 46.6 Å². The van der Waals surface area contributed by atoms with Crippen molar-refractivity contribution >= 4 is 28.2 Å². The van der Waals surface area contributed by atoms with E-state index < -0.39 is 0 Å². The molecule has 3 aromatic heterocycles. The number of aromatic nitrogens is 4. The molecule has 0 radical (unpaired) electrons. The normalized spacial score (nSPS) is 10.8. The fraction of sp³-hybridized carbons (Fsp3) is 0. The summed E-state index contributed by atoms with van der Waals surface area (Å²) in [5.74, 6) is 0. The quantitative estimate of drug-likeness (QED) is 0.646. The largest absolute Gasteiger partial charge is 0.265 e. The molecule has 0 aromatic carbocycles. The maximum atomic E-state index is 4.50. The lowest BCUT2D eigenvalue weighted by Crippen LogP contribution is -1.87. The van der Waals surface area contributed by atoms with E-state index in [-0.39, 0.29) is 0 Å². The number of fused-ring (bicyclic) bond motifs is 1. The van der Waals surface area contributed by atoms with Gasteiger partial charge in [0.15, 0.2) is 5.65 Å². The van der Waals surface area contributed by atoms with Crippen LogP contribution in [0.5, 0.6) is 0 Å². The minimum absolute atomic E-state index is 0.884. The SMILES string of the molecule is Ic1c(-c2ccncc2)nn2cccnc12. The minimum Gasteiger partial charge on any atom is -0.265 e. The molecule has 0 amide bonds. The van der Waals surface area contributed by atoms with Crippen LogP contribution in [0.2, 0.25) is 0 Å². The third kappa shape index (κ3) is 1.47. The van der Waals surface area contributed by atoms with Gasteiger partial charge in [0.05, 0.1) is 3.57 Å². The highest BCUT2D eigenvalue weighted by molar-refractivity contribution is 14.1. The lowest BCUT2D eigenvalue weighted by molar-refractivity contribution is 0.943. The van der Waals surface area contributed by atoms with Gasteiger partial charge in [0, 0.05) is 30.4 Å². The monoisotopic (exact) mass is 322 g/mol. The van der Waals surface area contributed by atoms with Gasteiger partial charge in [-0.3, -0.25) is 4.98 Å². The van der Waals surface area contributed by atoms with Gasteiger partial charge in [0.25, 0.3) is 0 Å². The van der Waals surface area contributed by atoms with Crippen molar-refractivity contribution in [1.82, 2.24) is 19.6 Å². The molecule has 0 fully saturated rings. The van der Waals surface area contributed by atoms with Gasteiger partial charge in [0.2, 0.25) is 0 Å². The van der Waals surface area contributed by atoms with Gasteiger partial charge in [-0.05, 0) is 40.8 Å². The Labute approximate surface area is 105 Å². The smallest absolute Gasteiger partial charge is 0.169 e. The molecule has 0 N–H and O–H groups in total. The van der Waals surface area contributed by atoms with Crippen LogP contribution in [0.4, 0.5) is 0 Å². The molecular formula is C11H7IN4. The van der Waals surface area contributed by atoms with Crippen LogP contribution in [0.25, 0.3) is 16.9 Å². The molecule has 4 nitrogen and oxygen atoms in total. The van der Waals surface area contributed by atoms with Crippen molar-refractivity contribution in [2.75, 3.05) is 0 Å². The van der Waals surface area contributed by atoms with E-state index in [4.69, 9.17) is 0 Å². The topological polar surface area (TPSA) is 43.1 Å². The van der Waals surface area contributed by atoms with Crippen molar-refractivity contribution in [3.63, 3.8) is 0 Å². The zero-order valence-electron chi connectivity index (χ0n) is 8.21. The van der Waals surface area contributed by atoms with Crippen molar-refractivity contribution in [2.45, 2.75) is 0 Å². The summed E-state index contributed by atoms with van der Waals surface area (Å²) in [4.78, 5) is 8.31. The molecule has 0 spiro atoms. The molecule has 0 aliphatic carbocycles. The highest BCUT2D eigenvalue weighted by atomic mass is 127. The fourth-order valence-electron chi connectivity index (χ4n) is 1.55. The summed E-state index contributed by atoms with van der Waals surface area (Å²) in [5.41, 5.74) is 2.89. The van der Waals surface area contributed by atoms with Gasteiger partial charge >= 0.3 is 0 Å². The van der Waals surface area contributed by atoms with E-state index >= 15 is 0 Å². The van der Waals surface area contributed by atoms with Crippen LogP contribution in [0.15, 0.2) is 43.0 Å². The van der Waals surface area contributed by atoms with E-state index in [0.29, 0.717) is 0 Å². The van der Waals surface area contributed by atoms with E-state index in [1.54, 1.807) is 23.1 Å². The summed E-state index contributed by atoms with van der Waals surface area (Å²) in [6.45, 7) is 0. The van der Waals surface area contributed by atoms with Crippen molar-refractivity contribution in [1.29, 1.82) is 0 Å². The number of hydrogen-bond acceptors (Lipinski definition) is 3. The van der Waals surface area contributed by atoms with Crippen molar-refractivity contribution < 1.29 is 0 Å². The highest BCUT2D eigenvalue weighted by Crippen LogP contribution is 2.25. The maximum Gasteiger partial charge on any atom is 0.169 e. The van der Waals surface area contributed by atoms with Crippen LogP contribution in [0.1, 0.15) is 0 Å². The Morgan fingerprint density at radius 2 is 1.94 bits per heavy atom. The van der Waals surface area contributed by atoms with Gasteiger partial charge in [-0.1, -0.05) is 0 Å². The van der Waals surface area contributed by atoms with Gasteiger partial charge in [0.1, 0.15) is 5.69 Å². The molecule has 0 aliphatic heterocycles. The van der Waals surface area contributed by atoms with E-state index in [1.807, 2.05) is 24.4 Å². The Hall–Kier alpha value is -1.50. The van der Waals surface area contributed by atoms with Gasteiger partial charge in [-0.2, -0.15) is 5.10 Å². The first kappa shape index (κ1) is 9.71. The van der Waals surface area contributed by atoms with Gasteiger partial charge in [-0.15, -0.1) is 0 Å². The Morgan fingerprint density at radius 1 is 1.12 bits per heavy atom. The summed E-state index contributed by atoms with van der Waals surface area (Å²) in [5, 5.41) is 4.50. The van der Waals surface area contributed by atoms with Gasteiger partial charge < -0.3 is 0 Å². The molecule has 16 heavy (non-hydrogen) atoms. The first-order chi connectivity index (χ1) is 7.86. The Bertz CT molecular complexity index is 633. The van der Waals surface area contributed by atoms with Crippen molar-refractivity contribution in [3.8, 4) is 11.3 Å². The molecule has 0 atom stereocenters. The lowest BCUT2D eigenvalue weighted by Gasteiger charge is -1.94. The molecule has 0 bridgehead atoms. The summed E-state index contributed by atoms with van der Waals surface area (Å²) in [6.07, 6.45) is 7.20. The summed E-state index contributed by atoms with van der Waals surface area (Å²) in [6, 6.07) is 5.76. The second-order valence-electron chi connectivity index (χ2n) is 3.29. The van der Waals surface area contributed by atoms with E-state index in [9.17, 15) is 0 Å². The molecule has 5 heteroatoms. The molecule has 78 valence electrons. The zero-order valence-corrected chi connectivity index (χ0v) is 10.4. The summed E-state index contributed by atoms with van der Waals surface area (Å²) >= 11 is 2.27. The molecule has 3 heterocycles. The molecule has 3 aromatic rings. The predicted octanol–water partition coefficient (Wildman–Crippen LogP) is 2.40. The van der Waals surface area contributed by atoms with Crippen LogP contribution in [-0.4, -0.2) is 19.6 Å². The number of hydrogen-bond donors (Lipinski definition) is 0. The molecular weight excluding hydrogens is 315 g/mol. The second kappa shape index (κ2) is 3.82. The Morgan fingerprint density at radius 3 is 2.69 bits per heavy atom. The number of pyridine rings is 1. The summed E-state index contributed by atoms with van der Waals surface area (Å²) < 4.78 is 2.85. The highest BCUT2D eigenvalue weighted by Gasteiger charge is 2.11. The minimum atomic E-state index is 0.884. The number of rotatable bonds is 1. The maximum absolute atomic E-state index is 4.50. The second-order valence-corrected chi connectivity index (χ2v) is 4.37. The van der Waals surface area contributed by atoms with Gasteiger partial charge in [-0.25, -0.2) is 9.50 Å². The Balaban J connectivity index is 2.29. The molecule has 0 saturated carbocycles. The molecule has 0 aliphatic rings. The summed E-state index contributed by atoms with van der Waals surface area (Å²) in [7, 11) is 0. The first-order valence-corrected chi connectivity index (χ1v) is 5.83. The number of halogens is 1. The number of nitrogens with zero attached hydrogens (tertiary/aromatic N) is 4. The molecule has 0 unspecified atom stereocenters. The standard InChI is InChI=1S/C11H7IN4/c12-9-10(8-2-5-13-6-3-8)15-16-7-1-4-14-11(9)16/h1-7H. The zero-order chi connectivity index (χ0) is 11.0. The Kier molecular flexibility index (Phi) is 2.32. The van der Waals surface area contributed by atoms with E-state index in [0.717, 1.165) is 20.5 Å². The lowest BCUT2D eigenvalue weighted by atomic mass is 10.2. The average Bonchev–Trinajstić information content (AvgIpc) is 2.69. The third-order valence-electron chi connectivity index (χ3n) is 2.29.